The molecule has 0 radical (unpaired) electrons. The van der Waals surface area contributed by atoms with E-state index < -0.39 is 0 Å². The van der Waals surface area contributed by atoms with Crippen LogP contribution in [0.5, 0.6) is 5.75 Å². The second kappa shape index (κ2) is 6.97. The van der Waals surface area contributed by atoms with Gasteiger partial charge in [-0.2, -0.15) is 0 Å². The highest BCUT2D eigenvalue weighted by Gasteiger charge is 2.39. The topological polar surface area (TPSA) is 47.4 Å². The summed E-state index contributed by atoms with van der Waals surface area (Å²) in [5.74, 6) is 0.885. The molecule has 2 bridgehead atoms. The summed E-state index contributed by atoms with van der Waals surface area (Å²) < 4.78 is 9.53. The first-order chi connectivity index (χ1) is 13.5. The van der Waals surface area contributed by atoms with E-state index in [1.54, 1.807) is 10.9 Å². The molecule has 1 aromatic carbocycles. The van der Waals surface area contributed by atoms with Crippen molar-refractivity contribution in [3.05, 3.63) is 50.3 Å². The average molecular weight is 460 g/mol. The molecule has 7 heteroatoms. The Morgan fingerprint density at radius 3 is 2.68 bits per heavy atom. The Hall–Kier alpha value is -1.70. The molecule has 2 fully saturated rings. The molecule has 5 rings (SSSR count). The number of aryl methyl sites for hydroxylation is 1. The molecule has 2 aliphatic heterocycles. The molecule has 3 aromatic rings. The highest BCUT2D eigenvalue weighted by Crippen LogP contribution is 2.36. The third-order valence-corrected chi connectivity index (χ3v) is 7.81. The summed E-state index contributed by atoms with van der Waals surface area (Å²) in [7, 11) is 2.24. The summed E-state index contributed by atoms with van der Waals surface area (Å²) in [6.45, 7) is 2.02. The van der Waals surface area contributed by atoms with E-state index in [-0.39, 0.29) is 11.7 Å². The van der Waals surface area contributed by atoms with Gasteiger partial charge in [-0.3, -0.25) is 9.36 Å². The first kappa shape index (κ1) is 18.3. The van der Waals surface area contributed by atoms with Crippen molar-refractivity contribution in [3.8, 4) is 11.4 Å². The molecule has 0 spiro atoms. The Morgan fingerprint density at radius 2 is 1.96 bits per heavy atom. The molecule has 2 unspecified atom stereocenters. The van der Waals surface area contributed by atoms with Crippen molar-refractivity contribution < 1.29 is 4.74 Å². The molecule has 28 heavy (non-hydrogen) atoms. The predicted octanol–water partition coefficient (Wildman–Crippen LogP) is 4.52. The molecule has 0 amide bonds. The van der Waals surface area contributed by atoms with E-state index in [0.29, 0.717) is 16.8 Å². The van der Waals surface area contributed by atoms with Crippen LogP contribution >= 0.6 is 27.3 Å². The van der Waals surface area contributed by atoms with Gasteiger partial charge in [0.2, 0.25) is 0 Å². The van der Waals surface area contributed by atoms with Crippen molar-refractivity contribution in [1.29, 1.82) is 0 Å². The number of fused-ring (bicyclic) bond motifs is 3. The SMILES string of the molecule is Cc1cc(OC2CC3CCC(C2)N3C)ccc1-n1cnc2cc(Br)sc2c1=O. The Morgan fingerprint density at radius 1 is 1.21 bits per heavy atom. The van der Waals surface area contributed by atoms with E-state index >= 15 is 0 Å². The fourth-order valence-electron chi connectivity index (χ4n) is 4.68. The van der Waals surface area contributed by atoms with Crippen LogP contribution in [-0.2, 0) is 0 Å². The second-order valence-corrected chi connectivity index (χ2v) is 10.3. The maximum atomic E-state index is 12.9. The number of rotatable bonds is 3. The fourth-order valence-corrected chi connectivity index (χ4v) is 6.15. The smallest absolute Gasteiger partial charge is 0.275 e. The lowest BCUT2D eigenvalue weighted by Crippen LogP contribution is -2.43. The van der Waals surface area contributed by atoms with Crippen LogP contribution in [0.15, 0.2) is 39.2 Å². The lowest BCUT2D eigenvalue weighted by molar-refractivity contribution is 0.0661. The number of aromatic nitrogens is 2. The van der Waals surface area contributed by atoms with E-state index in [2.05, 4.69) is 32.9 Å². The zero-order valence-electron chi connectivity index (χ0n) is 15.9. The van der Waals surface area contributed by atoms with Crippen LogP contribution in [-0.4, -0.2) is 39.7 Å². The van der Waals surface area contributed by atoms with Gasteiger partial charge in [-0.25, -0.2) is 4.98 Å². The van der Waals surface area contributed by atoms with Crippen molar-refractivity contribution in [2.24, 2.45) is 0 Å². The molecule has 146 valence electrons. The number of hydrogen-bond donors (Lipinski definition) is 0. The van der Waals surface area contributed by atoms with Crippen molar-refractivity contribution in [2.45, 2.75) is 50.8 Å². The molecule has 2 aliphatic rings. The van der Waals surface area contributed by atoms with Gasteiger partial charge in [0.1, 0.15) is 22.9 Å². The van der Waals surface area contributed by atoms with E-state index in [1.807, 2.05) is 31.2 Å². The van der Waals surface area contributed by atoms with E-state index in [9.17, 15) is 4.79 Å². The van der Waals surface area contributed by atoms with Crippen molar-refractivity contribution in [1.82, 2.24) is 14.5 Å². The molecule has 5 nitrogen and oxygen atoms in total. The number of hydrogen-bond acceptors (Lipinski definition) is 5. The Balaban J connectivity index is 1.41. The summed E-state index contributed by atoms with van der Waals surface area (Å²) in [4.78, 5) is 19.8. The number of thiophene rings is 1. The van der Waals surface area contributed by atoms with Gasteiger partial charge in [-0.05, 0) is 85.4 Å². The molecule has 2 saturated heterocycles. The molecule has 0 aliphatic carbocycles. The highest BCUT2D eigenvalue weighted by molar-refractivity contribution is 9.11. The summed E-state index contributed by atoms with van der Waals surface area (Å²) in [6, 6.07) is 9.17. The van der Waals surface area contributed by atoms with Crippen LogP contribution in [0.3, 0.4) is 0 Å². The lowest BCUT2D eigenvalue weighted by atomic mass is 10.0. The minimum atomic E-state index is -0.0376. The predicted molar refractivity (Wildman–Crippen MR) is 116 cm³/mol. The van der Waals surface area contributed by atoms with Gasteiger partial charge in [-0.1, -0.05) is 0 Å². The minimum absolute atomic E-state index is 0.0376. The maximum absolute atomic E-state index is 12.9. The first-order valence-corrected chi connectivity index (χ1v) is 11.3. The molecule has 2 aromatic heterocycles. The summed E-state index contributed by atoms with van der Waals surface area (Å²) >= 11 is 4.86. The highest BCUT2D eigenvalue weighted by atomic mass is 79.9. The molecule has 2 atom stereocenters. The molecular weight excluding hydrogens is 438 g/mol. The third kappa shape index (κ3) is 3.09. The van der Waals surface area contributed by atoms with Crippen LogP contribution in [0.1, 0.15) is 31.2 Å². The summed E-state index contributed by atoms with van der Waals surface area (Å²) in [5.41, 5.74) is 2.55. The first-order valence-electron chi connectivity index (χ1n) is 9.66. The largest absolute Gasteiger partial charge is 0.490 e. The van der Waals surface area contributed by atoms with Crippen molar-refractivity contribution >= 4 is 37.5 Å². The second-order valence-electron chi connectivity index (χ2n) is 7.89. The van der Waals surface area contributed by atoms with Crippen LogP contribution in [0.25, 0.3) is 15.9 Å². The Bertz CT molecular complexity index is 1090. The van der Waals surface area contributed by atoms with Crippen molar-refractivity contribution in [3.63, 3.8) is 0 Å². The van der Waals surface area contributed by atoms with Gasteiger partial charge in [0.15, 0.2) is 0 Å². The van der Waals surface area contributed by atoms with Gasteiger partial charge in [0, 0.05) is 12.1 Å². The van der Waals surface area contributed by atoms with Crippen LogP contribution in [0.4, 0.5) is 0 Å². The van der Waals surface area contributed by atoms with Gasteiger partial charge < -0.3 is 9.64 Å². The zero-order chi connectivity index (χ0) is 19.4. The number of benzene rings is 1. The minimum Gasteiger partial charge on any atom is -0.490 e. The molecule has 4 heterocycles. The zero-order valence-corrected chi connectivity index (χ0v) is 18.3. The molecule has 0 N–H and O–H groups in total. The van der Waals surface area contributed by atoms with E-state index in [0.717, 1.165) is 39.1 Å². The van der Waals surface area contributed by atoms with Gasteiger partial charge in [0.25, 0.3) is 5.56 Å². The fraction of sp³-hybridized carbons (Fsp3) is 0.429. The monoisotopic (exact) mass is 459 g/mol. The lowest BCUT2D eigenvalue weighted by Gasteiger charge is -2.36. The van der Waals surface area contributed by atoms with E-state index in [1.165, 1.54) is 24.2 Å². The van der Waals surface area contributed by atoms with Gasteiger partial charge in [0.05, 0.1) is 15.0 Å². The summed E-state index contributed by atoms with van der Waals surface area (Å²) in [6.07, 6.45) is 6.67. The van der Waals surface area contributed by atoms with Gasteiger partial charge >= 0.3 is 0 Å². The van der Waals surface area contributed by atoms with Crippen LogP contribution in [0, 0.1) is 6.92 Å². The Labute approximate surface area is 176 Å². The number of halogens is 1. The average Bonchev–Trinajstić information content (AvgIpc) is 3.12. The Kier molecular flexibility index (Phi) is 4.56. The normalized spacial score (nSPS) is 24.8. The third-order valence-electron chi connectivity index (χ3n) is 6.19. The number of piperidine rings is 1. The van der Waals surface area contributed by atoms with Crippen molar-refractivity contribution in [2.75, 3.05) is 7.05 Å². The van der Waals surface area contributed by atoms with Crippen LogP contribution in [0.2, 0.25) is 0 Å². The number of nitrogens with zero attached hydrogens (tertiary/aromatic N) is 3. The van der Waals surface area contributed by atoms with Crippen LogP contribution < -0.4 is 10.3 Å². The standard InChI is InChI=1S/C21H22BrN3O2S/c1-12-7-15(27-16-8-13-3-4-14(9-16)24(13)2)5-6-18(12)25-11-23-17-10-19(22)28-20(17)21(25)26/h5-7,10-11,13-14,16H,3-4,8-9H2,1-2H3. The quantitative estimate of drug-likeness (QED) is 0.577. The number of ether oxygens (including phenoxy) is 1. The van der Waals surface area contributed by atoms with E-state index in [4.69, 9.17) is 4.74 Å². The van der Waals surface area contributed by atoms with Gasteiger partial charge in [-0.15, -0.1) is 11.3 Å². The summed E-state index contributed by atoms with van der Waals surface area (Å²) in [5, 5.41) is 0. The maximum Gasteiger partial charge on any atom is 0.275 e. The molecule has 0 saturated carbocycles. The molecular formula is C21H22BrN3O2S.